The second-order valence-electron chi connectivity index (χ2n) is 9.00. The highest BCUT2D eigenvalue weighted by molar-refractivity contribution is 5.92. The lowest BCUT2D eigenvalue weighted by Gasteiger charge is -2.36. The molecule has 3 aromatic heterocycles. The maximum absolute atomic E-state index is 12.0. The third-order valence-electron chi connectivity index (χ3n) is 6.33. The number of hydrogen-bond donors (Lipinski definition) is 2. The van der Waals surface area contributed by atoms with Gasteiger partial charge in [0, 0.05) is 37.9 Å². The van der Waals surface area contributed by atoms with Gasteiger partial charge in [0.15, 0.2) is 5.65 Å². The molecule has 2 fully saturated rings. The maximum Gasteiger partial charge on any atom is 0.354 e. The summed E-state index contributed by atoms with van der Waals surface area (Å²) in [4.78, 5) is 34.0. The zero-order valence-corrected chi connectivity index (χ0v) is 20.5. The molecular weight excluding hydrogens is 450 g/mol. The van der Waals surface area contributed by atoms with Gasteiger partial charge in [-0.2, -0.15) is 9.97 Å². The Hall–Kier alpha value is -3.44. The Morgan fingerprint density at radius 1 is 1.11 bits per heavy atom. The highest BCUT2D eigenvalue weighted by Crippen LogP contribution is 2.30. The van der Waals surface area contributed by atoms with Crippen LogP contribution in [0.3, 0.4) is 0 Å². The molecule has 5 heterocycles. The summed E-state index contributed by atoms with van der Waals surface area (Å²) in [6.45, 7) is 10.3. The van der Waals surface area contributed by atoms with Crippen molar-refractivity contribution in [3.8, 4) is 0 Å². The van der Waals surface area contributed by atoms with E-state index in [1.165, 1.54) is 7.11 Å². The molecule has 2 saturated heterocycles. The number of rotatable bonds is 5. The standard InChI is InChI=1S/C24H31N7O4/c1-14-12-31(13-15(2)35-14)24-28-21-17(22(29-24)30-7-9-34-10-8-30)5-6-19(27-21)26-18-11-25-20(16(18)3)23(32)33-4/h5-6,11,14-15,25H,7-10,12-13H2,1-4H3,(H,26,27,28,29). The predicted octanol–water partition coefficient (Wildman–Crippen LogP) is 2.64. The normalized spacial score (nSPS) is 20.8. The quantitative estimate of drug-likeness (QED) is 0.527. The molecule has 0 aromatic carbocycles. The lowest BCUT2D eigenvalue weighted by molar-refractivity contribution is -0.00570. The van der Waals surface area contributed by atoms with Gasteiger partial charge in [-0.25, -0.2) is 9.78 Å². The lowest BCUT2D eigenvalue weighted by atomic mass is 10.2. The van der Waals surface area contributed by atoms with Gasteiger partial charge < -0.3 is 34.3 Å². The summed E-state index contributed by atoms with van der Waals surface area (Å²) < 4.78 is 16.3. The van der Waals surface area contributed by atoms with Gasteiger partial charge in [-0.15, -0.1) is 0 Å². The van der Waals surface area contributed by atoms with Crippen LogP contribution >= 0.6 is 0 Å². The number of morpholine rings is 2. The van der Waals surface area contributed by atoms with Crippen molar-refractivity contribution >= 4 is 40.3 Å². The van der Waals surface area contributed by atoms with E-state index in [9.17, 15) is 4.79 Å². The Bertz CT molecular complexity index is 1210. The monoisotopic (exact) mass is 481 g/mol. The average molecular weight is 482 g/mol. The minimum absolute atomic E-state index is 0.0893. The van der Waals surface area contributed by atoms with Gasteiger partial charge >= 0.3 is 5.97 Å². The van der Waals surface area contributed by atoms with E-state index in [0.29, 0.717) is 36.3 Å². The van der Waals surface area contributed by atoms with E-state index < -0.39 is 5.97 Å². The first-order chi connectivity index (χ1) is 16.9. The molecule has 35 heavy (non-hydrogen) atoms. The Labute approximate surface area is 203 Å². The molecule has 0 aliphatic carbocycles. The number of H-pyrrole nitrogens is 1. The van der Waals surface area contributed by atoms with Crippen molar-refractivity contribution in [1.29, 1.82) is 0 Å². The molecule has 0 spiro atoms. The number of esters is 1. The molecule has 5 rings (SSSR count). The molecule has 2 unspecified atom stereocenters. The topological polar surface area (TPSA) is 118 Å². The largest absolute Gasteiger partial charge is 0.464 e. The van der Waals surface area contributed by atoms with Gasteiger partial charge in [-0.05, 0) is 32.9 Å². The summed E-state index contributed by atoms with van der Waals surface area (Å²) in [5.41, 5.74) is 2.52. The molecule has 0 radical (unpaired) electrons. The minimum atomic E-state index is -0.413. The zero-order valence-electron chi connectivity index (χ0n) is 20.5. The third kappa shape index (κ3) is 4.73. The summed E-state index contributed by atoms with van der Waals surface area (Å²) in [6.07, 6.45) is 1.91. The predicted molar refractivity (Wildman–Crippen MR) is 133 cm³/mol. The van der Waals surface area contributed by atoms with Crippen LogP contribution < -0.4 is 15.1 Å². The fourth-order valence-electron chi connectivity index (χ4n) is 4.63. The van der Waals surface area contributed by atoms with Crippen molar-refractivity contribution in [3.63, 3.8) is 0 Å². The van der Waals surface area contributed by atoms with Crippen molar-refractivity contribution in [1.82, 2.24) is 19.9 Å². The van der Waals surface area contributed by atoms with Crippen molar-refractivity contribution in [2.45, 2.75) is 33.0 Å². The Kier molecular flexibility index (Phi) is 6.44. The van der Waals surface area contributed by atoms with Crippen LogP contribution in [0, 0.1) is 6.92 Å². The first-order valence-corrected chi connectivity index (χ1v) is 11.9. The van der Waals surface area contributed by atoms with Crippen LogP contribution in [0.2, 0.25) is 0 Å². The van der Waals surface area contributed by atoms with Crippen molar-refractivity contribution in [2.75, 3.05) is 61.6 Å². The number of carbonyl (C=O) groups excluding carboxylic acids is 1. The number of methoxy groups -OCH3 is 1. The highest BCUT2D eigenvalue weighted by atomic mass is 16.5. The summed E-state index contributed by atoms with van der Waals surface area (Å²) in [5, 5.41) is 4.18. The Morgan fingerprint density at radius 2 is 1.86 bits per heavy atom. The number of carbonyl (C=O) groups is 1. The molecular formula is C24H31N7O4. The van der Waals surface area contributed by atoms with Crippen molar-refractivity contribution < 1.29 is 19.0 Å². The SMILES string of the molecule is COC(=O)c1[nH]cc(Nc2ccc3c(N4CCOCC4)nc(N4CC(C)OC(C)C4)nc3n2)c1C. The van der Waals surface area contributed by atoms with E-state index in [1.807, 2.05) is 19.1 Å². The molecule has 0 bridgehead atoms. The number of fused-ring (bicyclic) bond motifs is 1. The molecule has 3 aromatic rings. The van der Waals surface area contributed by atoms with E-state index in [-0.39, 0.29) is 12.2 Å². The van der Waals surface area contributed by atoms with Crippen LogP contribution in [0.25, 0.3) is 11.0 Å². The van der Waals surface area contributed by atoms with E-state index in [4.69, 9.17) is 29.2 Å². The second kappa shape index (κ2) is 9.67. The summed E-state index contributed by atoms with van der Waals surface area (Å²) in [5.74, 6) is 1.72. The molecule has 0 saturated carbocycles. The number of nitrogens with zero attached hydrogens (tertiary/aromatic N) is 5. The number of hydrogen-bond acceptors (Lipinski definition) is 10. The lowest BCUT2D eigenvalue weighted by Crippen LogP contribution is -2.46. The third-order valence-corrected chi connectivity index (χ3v) is 6.33. The average Bonchev–Trinajstić information content (AvgIpc) is 3.22. The van der Waals surface area contributed by atoms with Gasteiger partial charge in [0.1, 0.15) is 17.3 Å². The number of pyridine rings is 1. The number of aromatic nitrogens is 4. The smallest absolute Gasteiger partial charge is 0.354 e. The van der Waals surface area contributed by atoms with Gasteiger partial charge in [0.25, 0.3) is 0 Å². The molecule has 0 amide bonds. The van der Waals surface area contributed by atoms with Crippen LogP contribution in [-0.4, -0.2) is 84.6 Å². The molecule has 2 aliphatic rings. The Morgan fingerprint density at radius 3 is 2.57 bits per heavy atom. The molecule has 11 heteroatoms. The second-order valence-corrected chi connectivity index (χ2v) is 9.00. The van der Waals surface area contributed by atoms with Crippen molar-refractivity contribution in [2.24, 2.45) is 0 Å². The molecule has 2 N–H and O–H groups in total. The minimum Gasteiger partial charge on any atom is -0.464 e. The zero-order chi connectivity index (χ0) is 24.5. The number of aromatic amines is 1. The molecule has 2 aliphatic heterocycles. The number of ether oxygens (including phenoxy) is 3. The summed E-state index contributed by atoms with van der Waals surface area (Å²) in [7, 11) is 1.36. The first kappa shape index (κ1) is 23.3. The van der Waals surface area contributed by atoms with Crippen LogP contribution in [0.1, 0.15) is 29.9 Å². The molecule has 11 nitrogen and oxygen atoms in total. The fraction of sp³-hybridized carbons (Fsp3) is 0.500. The van der Waals surface area contributed by atoms with Gasteiger partial charge in [-0.1, -0.05) is 0 Å². The maximum atomic E-state index is 12.0. The summed E-state index contributed by atoms with van der Waals surface area (Å²) >= 11 is 0. The number of nitrogens with one attached hydrogen (secondary N) is 2. The highest BCUT2D eigenvalue weighted by Gasteiger charge is 2.27. The van der Waals surface area contributed by atoms with E-state index >= 15 is 0 Å². The van der Waals surface area contributed by atoms with Gasteiger partial charge in [-0.3, -0.25) is 0 Å². The van der Waals surface area contributed by atoms with Crippen LogP contribution in [-0.2, 0) is 14.2 Å². The molecule has 186 valence electrons. The van der Waals surface area contributed by atoms with E-state index in [2.05, 4.69) is 33.9 Å². The first-order valence-electron chi connectivity index (χ1n) is 11.9. The summed E-state index contributed by atoms with van der Waals surface area (Å²) in [6, 6.07) is 3.89. The molecule has 2 atom stereocenters. The number of anilines is 4. The van der Waals surface area contributed by atoms with Gasteiger partial charge in [0.05, 0.1) is 43.6 Å². The van der Waals surface area contributed by atoms with Crippen LogP contribution in [0.15, 0.2) is 18.3 Å². The van der Waals surface area contributed by atoms with E-state index in [1.54, 1.807) is 6.20 Å². The van der Waals surface area contributed by atoms with Crippen LogP contribution in [0.5, 0.6) is 0 Å². The fourth-order valence-corrected chi connectivity index (χ4v) is 4.63. The van der Waals surface area contributed by atoms with Gasteiger partial charge in [0.2, 0.25) is 5.95 Å². The van der Waals surface area contributed by atoms with E-state index in [0.717, 1.165) is 48.6 Å². The Balaban J connectivity index is 1.53. The van der Waals surface area contributed by atoms with Crippen molar-refractivity contribution in [3.05, 3.63) is 29.6 Å². The van der Waals surface area contributed by atoms with Crippen LogP contribution in [0.4, 0.5) is 23.3 Å².